The summed E-state index contributed by atoms with van der Waals surface area (Å²) >= 11 is 0. The highest BCUT2D eigenvalue weighted by molar-refractivity contribution is 5.95. The average Bonchev–Trinajstić information content (AvgIpc) is 3.22. The normalized spacial score (nSPS) is 11.6. The molecule has 0 radical (unpaired) electrons. The number of methoxy groups -OCH3 is 1. The predicted molar refractivity (Wildman–Crippen MR) is 125 cm³/mol. The van der Waals surface area contributed by atoms with Gasteiger partial charge in [-0.25, -0.2) is 4.98 Å². The van der Waals surface area contributed by atoms with Crippen LogP contribution < -0.4 is 15.8 Å². The van der Waals surface area contributed by atoms with Crippen molar-refractivity contribution in [1.82, 2.24) is 9.38 Å². The Morgan fingerprint density at radius 2 is 1.91 bits per heavy atom. The van der Waals surface area contributed by atoms with Gasteiger partial charge in [0.25, 0.3) is 0 Å². The molecule has 0 aliphatic heterocycles. The van der Waals surface area contributed by atoms with Crippen molar-refractivity contribution in [2.45, 2.75) is 19.5 Å². The molecule has 2 aromatic heterocycles. The van der Waals surface area contributed by atoms with E-state index in [1.54, 1.807) is 38.4 Å². The van der Waals surface area contributed by atoms with Gasteiger partial charge in [0.05, 0.1) is 31.1 Å². The van der Waals surface area contributed by atoms with Crippen molar-refractivity contribution in [2.75, 3.05) is 19.0 Å². The molecule has 1 amide bonds. The topological polar surface area (TPSA) is 81.7 Å². The van der Waals surface area contributed by atoms with E-state index >= 15 is 0 Å². The minimum absolute atomic E-state index is 0.289. The molecule has 0 atom stereocenters. The van der Waals surface area contributed by atoms with Gasteiger partial charge < -0.3 is 15.8 Å². The van der Waals surface area contributed by atoms with Gasteiger partial charge in [-0.3, -0.25) is 9.20 Å². The van der Waals surface area contributed by atoms with Crippen LogP contribution in [0.5, 0.6) is 5.75 Å². The molecule has 0 saturated heterocycles. The van der Waals surface area contributed by atoms with E-state index < -0.39 is 18.5 Å². The highest BCUT2D eigenvalue weighted by Gasteiger charge is 2.26. The summed E-state index contributed by atoms with van der Waals surface area (Å²) in [4.78, 5) is 16.1. The Bertz CT molecular complexity index is 1360. The summed E-state index contributed by atoms with van der Waals surface area (Å²) < 4.78 is 45.6. The van der Waals surface area contributed by atoms with E-state index in [0.717, 1.165) is 16.7 Å². The van der Waals surface area contributed by atoms with Crippen molar-refractivity contribution in [3.63, 3.8) is 0 Å². The number of nitrogens with two attached hydrogens (primary N) is 1. The first kappa shape index (κ1) is 23.2. The molecule has 4 aromatic rings. The van der Waals surface area contributed by atoms with Crippen LogP contribution in [-0.4, -0.2) is 35.1 Å². The number of halogens is 3. The number of carbonyl (C=O) groups excluding carboxylic acids is 1. The van der Waals surface area contributed by atoms with Crippen molar-refractivity contribution in [2.24, 2.45) is 5.73 Å². The number of imidazole rings is 1. The van der Waals surface area contributed by atoms with E-state index in [4.69, 9.17) is 10.5 Å². The Labute approximate surface area is 194 Å². The maximum absolute atomic E-state index is 12.8. The second kappa shape index (κ2) is 9.09. The Hall–Kier alpha value is -4.01. The number of carbonyl (C=O) groups is 1. The minimum Gasteiger partial charge on any atom is -0.496 e. The smallest absolute Gasteiger partial charge is 0.390 e. The number of ether oxygens (including phenoxy) is 1. The molecule has 0 unspecified atom stereocenters. The molecule has 2 aromatic carbocycles. The molecule has 0 aliphatic carbocycles. The van der Waals surface area contributed by atoms with Crippen molar-refractivity contribution in [3.05, 3.63) is 72.1 Å². The first-order valence-electron chi connectivity index (χ1n) is 10.5. The van der Waals surface area contributed by atoms with Crippen molar-refractivity contribution in [1.29, 1.82) is 0 Å². The molecular formula is C25H23F3N4O2. The van der Waals surface area contributed by atoms with Gasteiger partial charge in [0.15, 0.2) is 5.65 Å². The van der Waals surface area contributed by atoms with Crippen LogP contribution in [0.15, 0.2) is 60.9 Å². The van der Waals surface area contributed by atoms with Crippen LogP contribution in [0.25, 0.3) is 28.0 Å². The second-order valence-corrected chi connectivity index (χ2v) is 7.87. The summed E-state index contributed by atoms with van der Waals surface area (Å²) in [6.45, 7) is 1.50. The first-order valence-corrected chi connectivity index (χ1v) is 10.5. The molecule has 0 bridgehead atoms. The van der Waals surface area contributed by atoms with E-state index in [9.17, 15) is 18.0 Å². The van der Waals surface area contributed by atoms with Gasteiger partial charge in [-0.2, -0.15) is 13.2 Å². The quantitative estimate of drug-likeness (QED) is 0.378. The van der Waals surface area contributed by atoms with E-state index in [0.29, 0.717) is 33.9 Å². The summed E-state index contributed by atoms with van der Waals surface area (Å²) in [6.07, 6.45) is -1.74. The fraction of sp³-hybridized carbons (Fsp3) is 0.200. The third-order valence-corrected chi connectivity index (χ3v) is 5.54. The van der Waals surface area contributed by atoms with Gasteiger partial charge in [-0.15, -0.1) is 0 Å². The number of alkyl halides is 3. The Morgan fingerprint density at radius 1 is 1.15 bits per heavy atom. The van der Waals surface area contributed by atoms with Crippen molar-refractivity contribution >= 4 is 17.2 Å². The Morgan fingerprint density at radius 3 is 2.59 bits per heavy atom. The third kappa shape index (κ3) is 4.68. The molecule has 9 heteroatoms. The Balaban J connectivity index is 1.87. The first-order chi connectivity index (χ1) is 16.2. The summed E-state index contributed by atoms with van der Waals surface area (Å²) in [7, 11) is 1.56. The van der Waals surface area contributed by atoms with Crippen LogP contribution >= 0.6 is 0 Å². The molecule has 34 heavy (non-hydrogen) atoms. The number of nitrogens with one attached hydrogen (secondary N) is 1. The summed E-state index contributed by atoms with van der Waals surface area (Å²) in [5.41, 5.74) is 10.5. The average molecular weight is 468 g/mol. The van der Waals surface area contributed by atoms with Gasteiger partial charge in [-0.05, 0) is 36.8 Å². The fourth-order valence-electron chi connectivity index (χ4n) is 3.90. The summed E-state index contributed by atoms with van der Waals surface area (Å²) in [5, 5.41) is 2.89. The molecule has 0 aliphatic rings. The second-order valence-electron chi connectivity index (χ2n) is 7.87. The number of rotatable bonds is 7. The number of aryl methyl sites for hydroxylation is 1. The molecule has 4 rings (SSSR count). The highest BCUT2D eigenvalue weighted by atomic mass is 19.4. The fourth-order valence-corrected chi connectivity index (χ4v) is 3.90. The number of hydrogen-bond donors (Lipinski definition) is 2. The van der Waals surface area contributed by atoms with Gasteiger partial charge in [0.1, 0.15) is 5.75 Å². The monoisotopic (exact) mass is 468 g/mol. The number of fused-ring (bicyclic) bond motifs is 1. The van der Waals surface area contributed by atoms with Crippen LogP contribution in [0.1, 0.15) is 22.3 Å². The zero-order valence-electron chi connectivity index (χ0n) is 18.6. The van der Waals surface area contributed by atoms with Gasteiger partial charge in [0.2, 0.25) is 5.91 Å². The minimum atomic E-state index is -4.27. The van der Waals surface area contributed by atoms with Crippen LogP contribution in [0.4, 0.5) is 18.9 Å². The maximum atomic E-state index is 12.8. The molecule has 3 N–H and O–H groups in total. The Kier molecular flexibility index (Phi) is 6.19. The zero-order valence-corrected chi connectivity index (χ0v) is 18.6. The predicted octanol–water partition coefficient (Wildman–Crippen LogP) is 5.45. The molecular weight excluding hydrogens is 445 g/mol. The van der Waals surface area contributed by atoms with Gasteiger partial charge in [-0.1, -0.05) is 24.3 Å². The number of para-hydroxylation sites is 1. The van der Waals surface area contributed by atoms with Gasteiger partial charge in [0, 0.05) is 35.0 Å². The number of nitrogens with zero attached hydrogens (tertiary/aromatic N) is 2. The summed E-state index contributed by atoms with van der Waals surface area (Å²) in [6, 6.07) is 14.4. The van der Waals surface area contributed by atoms with Crippen LogP contribution in [0.2, 0.25) is 0 Å². The van der Waals surface area contributed by atoms with E-state index in [1.807, 2.05) is 40.9 Å². The van der Waals surface area contributed by atoms with Crippen molar-refractivity contribution in [3.8, 4) is 28.1 Å². The molecule has 0 spiro atoms. The molecule has 176 valence electrons. The SMILES string of the molecule is COc1ccccc1-c1cc(NCCC(F)(F)F)c2ncc(-c3ccc(C(N)=O)c(C)c3)n2c1. The molecule has 6 nitrogen and oxygen atoms in total. The number of amides is 1. The van der Waals surface area contributed by atoms with E-state index in [2.05, 4.69) is 10.3 Å². The lowest BCUT2D eigenvalue weighted by Gasteiger charge is -2.15. The number of aromatic nitrogens is 2. The lowest BCUT2D eigenvalue weighted by molar-refractivity contribution is -0.131. The molecule has 0 saturated carbocycles. The highest BCUT2D eigenvalue weighted by Crippen LogP contribution is 2.35. The lowest BCUT2D eigenvalue weighted by Crippen LogP contribution is -2.15. The zero-order chi connectivity index (χ0) is 24.5. The number of benzene rings is 2. The lowest BCUT2D eigenvalue weighted by atomic mass is 10.0. The van der Waals surface area contributed by atoms with Crippen LogP contribution in [-0.2, 0) is 0 Å². The standard InChI is InChI=1S/C25H23F3N4O2/c1-15-11-16(7-8-18(15)23(29)33)21-13-31-24-20(30-10-9-25(26,27)28)12-17(14-32(21)24)19-5-3-4-6-22(19)34-2/h3-8,11-14,30H,9-10H2,1-2H3,(H2,29,33). The van der Waals surface area contributed by atoms with Crippen LogP contribution in [0.3, 0.4) is 0 Å². The van der Waals surface area contributed by atoms with Crippen molar-refractivity contribution < 1.29 is 22.7 Å². The largest absolute Gasteiger partial charge is 0.496 e. The van der Waals surface area contributed by atoms with E-state index in [1.165, 1.54) is 0 Å². The number of pyridine rings is 1. The molecule has 0 fully saturated rings. The summed E-state index contributed by atoms with van der Waals surface area (Å²) in [5.74, 6) is 0.114. The number of primary amides is 1. The number of hydrogen-bond acceptors (Lipinski definition) is 4. The number of anilines is 1. The van der Waals surface area contributed by atoms with Gasteiger partial charge >= 0.3 is 6.18 Å². The molecule has 2 heterocycles. The maximum Gasteiger partial charge on any atom is 0.390 e. The van der Waals surface area contributed by atoms with Crippen LogP contribution in [0, 0.1) is 6.92 Å². The van der Waals surface area contributed by atoms with E-state index in [-0.39, 0.29) is 6.54 Å². The third-order valence-electron chi connectivity index (χ3n) is 5.54.